The first-order chi connectivity index (χ1) is 10.7. The predicted octanol–water partition coefficient (Wildman–Crippen LogP) is 4.71. The van der Waals surface area contributed by atoms with Crippen LogP contribution in [-0.4, -0.2) is 4.92 Å². The van der Waals surface area contributed by atoms with Gasteiger partial charge in [-0.3, -0.25) is 10.1 Å². The lowest BCUT2D eigenvalue weighted by molar-refractivity contribution is -0.384. The maximum absolute atomic E-state index is 10.6. The second-order valence-corrected chi connectivity index (χ2v) is 5.09. The van der Waals surface area contributed by atoms with Crippen LogP contribution in [0.15, 0.2) is 66.7 Å². The summed E-state index contributed by atoms with van der Waals surface area (Å²) in [6.45, 7) is 0. The highest BCUT2D eigenvalue weighted by molar-refractivity contribution is 7.27. The van der Waals surface area contributed by atoms with Gasteiger partial charge in [0.2, 0.25) is 0 Å². The molecule has 3 aromatic rings. The summed E-state index contributed by atoms with van der Waals surface area (Å²) in [6.07, 6.45) is 0. The lowest BCUT2D eigenvalue weighted by Gasteiger charge is -2.09. The summed E-state index contributed by atoms with van der Waals surface area (Å²) < 4.78 is 11.1. The molecule has 0 fully saturated rings. The van der Waals surface area contributed by atoms with Crippen LogP contribution in [0.4, 0.5) is 5.69 Å². The van der Waals surface area contributed by atoms with Gasteiger partial charge in [-0.15, -0.1) is 0 Å². The lowest BCUT2D eigenvalue weighted by atomic mass is 10.1. The standard InChI is InChI=1S/C16H12NO4P/c18-17(19)13-8-10-14(11-9-13)20-22-21-16-7-3-5-12-4-1-2-6-15(12)16/h1-11,22H. The molecule has 0 amide bonds. The van der Waals surface area contributed by atoms with E-state index in [4.69, 9.17) is 9.05 Å². The number of nitro groups is 1. The van der Waals surface area contributed by atoms with Gasteiger partial charge in [-0.25, -0.2) is 0 Å². The molecule has 0 radical (unpaired) electrons. The van der Waals surface area contributed by atoms with Crippen molar-refractivity contribution in [2.24, 2.45) is 0 Å². The van der Waals surface area contributed by atoms with Crippen LogP contribution in [0.1, 0.15) is 0 Å². The van der Waals surface area contributed by atoms with E-state index in [1.54, 1.807) is 12.1 Å². The Labute approximate surface area is 128 Å². The number of hydrogen-bond donors (Lipinski definition) is 0. The van der Waals surface area contributed by atoms with Crippen LogP contribution in [0.2, 0.25) is 0 Å². The van der Waals surface area contributed by atoms with E-state index in [1.807, 2.05) is 42.5 Å². The maximum Gasteiger partial charge on any atom is 0.275 e. The molecule has 0 aromatic heterocycles. The van der Waals surface area contributed by atoms with Crippen molar-refractivity contribution in [2.75, 3.05) is 0 Å². The molecule has 3 rings (SSSR count). The van der Waals surface area contributed by atoms with Crippen molar-refractivity contribution in [1.29, 1.82) is 0 Å². The Kier molecular flexibility index (Phi) is 4.17. The Balaban J connectivity index is 1.66. The van der Waals surface area contributed by atoms with E-state index >= 15 is 0 Å². The molecule has 0 heterocycles. The van der Waals surface area contributed by atoms with Gasteiger partial charge >= 0.3 is 0 Å². The topological polar surface area (TPSA) is 61.6 Å². The summed E-state index contributed by atoms with van der Waals surface area (Å²) in [5.41, 5.74) is 0.0330. The van der Waals surface area contributed by atoms with Crippen molar-refractivity contribution < 1.29 is 14.0 Å². The van der Waals surface area contributed by atoms with E-state index in [0.717, 1.165) is 16.5 Å². The second kappa shape index (κ2) is 6.41. The summed E-state index contributed by atoms with van der Waals surface area (Å²) in [7, 11) is -0.228. The number of nitrogens with zero attached hydrogens (tertiary/aromatic N) is 1. The summed E-state index contributed by atoms with van der Waals surface area (Å²) in [5.74, 6) is 1.28. The van der Waals surface area contributed by atoms with Gasteiger partial charge in [-0.2, -0.15) is 0 Å². The molecule has 22 heavy (non-hydrogen) atoms. The first-order valence-corrected chi connectivity index (χ1v) is 7.36. The van der Waals surface area contributed by atoms with E-state index in [1.165, 1.54) is 12.1 Å². The summed E-state index contributed by atoms with van der Waals surface area (Å²) >= 11 is 0. The van der Waals surface area contributed by atoms with Crippen molar-refractivity contribution in [3.05, 3.63) is 76.8 Å². The van der Waals surface area contributed by atoms with E-state index in [2.05, 4.69) is 0 Å². The van der Waals surface area contributed by atoms with Crippen molar-refractivity contribution in [3.8, 4) is 11.5 Å². The third kappa shape index (κ3) is 3.15. The minimum atomic E-state index is -0.446. The molecule has 3 aromatic carbocycles. The molecule has 0 bridgehead atoms. The zero-order valence-electron chi connectivity index (χ0n) is 11.4. The van der Waals surface area contributed by atoms with Gasteiger partial charge in [0, 0.05) is 17.5 Å². The molecule has 0 aliphatic rings. The van der Waals surface area contributed by atoms with Gasteiger partial charge in [0.15, 0.2) is 0 Å². The molecule has 0 saturated carbocycles. The fraction of sp³-hybridized carbons (Fsp3) is 0. The average Bonchev–Trinajstić information content (AvgIpc) is 2.55. The highest BCUT2D eigenvalue weighted by Crippen LogP contribution is 2.31. The molecule has 0 aliphatic carbocycles. The molecule has 0 saturated heterocycles. The van der Waals surface area contributed by atoms with Crippen LogP contribution in [0.5, 0.6) is 11.5 Å². The molecule has 1 atom stereocenters. The molecule has 0 aliphatic heterocycles. The molecule has 1 unspecified atom stereocenters. The van der Waals surface area contributed by atoms with Crippen molar-refractivity contribution in [2.45, 2.75) is 0 Å². The van der Waals surface area contributed by atoms with Crippen LogP contribution >= 0.6 is 9.03 Å². The van der Waals surface area contributed by atoms with Crippen LogP contribution in [-0.2, 0) is 0 Å². The Hall–Kier alpha value is -2.65. The first kappa shape index (κ1) is 14.3. The summed E-state index contributed by atoms with van der Waals surface area (Å²) in [4.78, 5) is 10.1. The Bertz CT molecular complexity index is 799. The highest BCUT2D eigenvalue weighted by Gasteiger charge is 2.05. The van der Waals surface area contributed by atoms with Crippen molar-refractivity contribution >= 4 is 25.5 Å². The molecule has 6 heteroatoms. The van der Waals surface area contributed by atoms with Crippen molar-refractivity contribution in [3.63, 3.8) is 0 Å². The van der Waals surface area contributed by atoms with E-state index in [-0.39, 0.29) is 14.7 Å². The zero-order valence-corrected chi connectivity index (χ0v) is 12.4. The van der Waals surface area contributed by atoms with Crippen LogP contribution < -0.4 is 9.05 Å². The van der Waals surface area contributed by atoms with Crippen LogP contribution in [0.3, 0.4) is 0 Å². The highest BCUT2D eigenvalue weighted by atomic mass is 31.1. The monoisotopic (exact) mass is 313 g/mol. The molecular formula is C16H12NO4P. The number of rotatable bonds is 5. The number of non-ortho nitro benzene ring substituents is 1. The lowest BCUT2D eigenvalue weighted by Crippen LogP contribution is -1.89. The van der Waals surface area contributed by atoms with E-state index in [9.17, 15) is 10.1 Å². The number of nitro benzene ring substituents is 1. The Morgan fingerprint density at radius 3 is 2.36 bits per heavy atom. The minimum Gasteiger partial charge on any atom is -0.441 e. The van der Waals surface area contributed by atoms with Crippen LogP contribution in [0, 0.1) is 10.1 Å². The quantitative estimate of drug-likeness (QED) is 0.388. The minimum absolute atomic E-state index is 0.0330. The van der Waals surface area contributed by atoms with Crippen LogP contribution in [0.25, 0.3) is 10.8 Å². The second-order valence-electron chi connectivity index (χ2n) is 4.52. The van der Waals surface area contributed by atoms with Gasteiger partial charge < -0.3 is 9.05 Å². The number of benzene rings is 3. The third-order valence-electron chi connectivity index (χ3n) is 3.11. The molecule has 110 valence electrons. The predicted molar refractivity (Wildman–Crippen MR) is 86.6 cm³/mol. The van der Waals surface area contributed by atoms with Gasteiger partial charge in [-0.1, -0.05) is 36.4 Å². The smallest absolute Gasteiger partial charge is 0.275 e. The first-order valence-electron chi connectivity index (χ1n) is 6.55. The van der Waals surface area contributed by atoms with Gasteiger partial charge in [0.1, 0.15) is 11.5 Å². The molecule has 0 N–H and O–H groups in total. The Morgan fingerprint density at radius 1 is 0.864 bits per heavy atom. The fourth-order valence-electron chi connectivity index (χ4n) is 2.03. The molecule has 5 nitrogen and oxygen atoms in total. The summed E-state index contributed by atoms with van der Waals surface area (Å²) in [5, 5.41) is 12.7. The SMILES string of the molecule is O=[N+]([O-])c1ccc(OPOc2cccc3ccccc23)cc1. The van der Waals surface area contributed by atoms with Gasteiger partial charge in [0.25, 0.3) is 14.7 Å². The largest absolute Gasteiger partial charge is 0.441 e. The molecular weight excluding hydrogens is 301 g/mol. The fourth-order valence-corrected chi connectivity index (χ4v) is 2.58. The Morgan fingerprint density at radius 2 is 1.59 bits per heavy atom. The van der Waals surface area contributed by atoms with Gasteiger partial charge in [-0.05, 0) is 23.6 Å². The molecule has 0 spiro atoms. The third-order valence-corrected chi connectivity index (χ3v) is 3.73. The maximum atomic E-state index is 10.6. The summed E-state index contributed by atoms with van der Waals surface area (Å²) in [6, 6.07) is 19.7. The van der Waals surface area contributed by atoms with Crippen molar-refractivity contribution in [1.82, 2.24) is 0 Å². The zero-order chi connectivity index (χ0) is 15.4. The van der Waals surface area contributed by atoms with Gasteiger partial charge in [0.05, 0.1) is 4.92 Å². The normalized spacial score (nSPS) is 10.9. The average molecular weight is 313 g/mol. The van der Waals surface area contributed by atoms with E-state index in [0.29, 0.717) is 5.75 Å². The number of hydrogen-bond acceptors (Lipinski definition) is 4. The van der Waals surface area contributed by atoms with E-state index < -0.39 is 4.92 Å². The number of fused-ring (bicyclic) bond motifs is 1.